The standard InChI is InChI=1S/C18H23N5O3/c1-12-4-6-15(7-5-12)16-20-17(26-21-16)13(2)19-18(25)23-10-8-22(9-11-23)14(3)24/h4-7,13H,8-11H2,1-3H3,(H,19,25). The molecule has 3 rings (SSSR count). The summed E-state index contributed by atoms with van der Waals surface area (Å²) in [7, 11) is 0. The normalized spacial score (nSPS) is 15.7. The largest absolute Gasteiger partial charge is 0.339 e. The summed E-state index contributed by atoms with van der Waals surface area (Å²) in [6.45, 7) is 7.48. The number of hydrogen-bond acceptors (Lipinski definition) is 5. The quantitative estimate of drug-likeness (QED) is 0.907. The van der Waals surface area contributed by atoms with E-state index in [-0.39, 0.29) is 11.9 Å². The monoisotopic (exact) mass is 357 g/mol. The number of carbonyl (C=O) groups is 2. The highest BCUT2D eigenvalue weighted by Gasteiger charge is 2.25. The van der Waals surface area contributed by atoms with Crippen molar-refractivity contribution in [3.63, 3.8) is 0 Å². The molecular weight excluding hydrogens is 334 g/mol. The van der Waals surface area contributed by atoms with Gasteiger partial charge in [0.15, 0.2) is 0 Å². The Kier molecular flexibility index (Phi) is 5.20. The minimum absolute atomic E-state index is 0.0351. The van der Waals surface area contributed by atoms with Crippen LogP contribution in [0.25, 0.3) is 11.4 Å². The second-order valence-electron chi connectivity index (χ2n) is 6.49. The van der Waals surface area contributed by atoms with Gasteiger partial charge in [-0.1, -0.05) is 35.0 Å². The van der Waals surface area contributed by atoms with Crippen LogP contribution in [-0.2, 0) is 4.79 Å². The molecule has 1 atom stereocenters. The van der Waals surface area contributed by atoms with Gasteiger partial charge in [0.05, 0.1) is 0 Å². The molecule has 26 heavy (non-hydrogen) atoms. The molecule has 1 aliphatic rings. The third-order valence-electron chi connectivity index (χ3n) is 4.47. The number of carbonyl (C=O) groups excluding carboxylic acids is 2. The second-order valence-corrected chi connectivity index (χ2v) is 6.49. The third-order valence-corrected chi connectivity index (χ3v) is 4.47. The number of urea groups is 1. The van der Waals surface area contributed by atoms with Crippen LogP contribution in [0.5, 0.6) is 0 Å². The number of nitrogens with zero attached hydrogens (tertiary/aromatic N) is 4. The highest BCUT2D eigenvalue weighted by molar-refractivity contribution is 5.76. The molecule has 1 saturated heterocycles. The van der Waals surface area contributed by atoms with Gasteiger partial charge in [0.25, 0.3) is 0 Å². The van der Waals surface area contributed by atoms with Gasteiger partial charge in [0, 0.05) is 38.7 Å². The number of piperazine rings is 1. The Morgan fingerprint density at radius 1 is 1.12 bits per heavy atom. The lowest BCUT2D eigenvalue weighted by Gasteiger charge is -2.34. The van der Waals surface area contributed by atoms with Crippen molar-refractivity contribution < 1.29 is 14.1 Å². The Labute approximate surface area is 152 Å². The van der Waals surface area contributed by atoms with Crippen LogP contribution in [0.1, 0.15) is 31.3 Å². The SMILES string of the molecule is CC(=O)N1CCN(C(=O)NC(C)c2nc(-c3ccc(C)cc3)no2)CC1. The van der Waals surface area contributed by atoms with E-state index in [9.17, 15) is 9.59 Å². The van der Waals surface area contributed by atoms with Crippen molar-refractivity contribution in [1.29, 1.82) is 0 Å². The lowest BCUT2D eigenvalue weighted by atomic mass is 10.1. The summed E-state index contributed by atoms with van der Waals surface area (Å²) in [4.78, 5) is 31.6. The first kappa shape index (κ1) is 17.9. The van der Waals surface area contributed by atoms with E-state index in [4.69, 9.17) is 4.52 Å². The number of hydrogen-bond donors (Lipinski definition) is 1. The maximum absolute atomic E-state index is 12.4. The van der Waals surface area contributed by atoms with E-state index in [0.717, 1.165) is 11.1 Å². The Hall–Kier alpha value is -2.90. The molecule has 1 aliphatic heterocycles. The fourth-order valence-corrected chi connectivity index (χ4v) is 2.79. The van der Waals surface area contributed by atoms with E-state index in [1.807, 2.05) is 31.2 Å². The minimum Gasteiger partial charge on any atom is -0.339 e. The lowest BCUT2D eigenvalue weighted by Crippen LogP contribution is -2.53. The van der Waals surface area contributed by atoms with Crippen molar-refractivity contribution in [3.05, 3.63) is 35.7 Å². The summed E-state index contributed by atoms with van der Waals surface area (Å²) in [5.74, 6) is 0.889. The number of aryl methyl sites for hydroxylation is 1. The molecule has 0 aliphatic carbocycles. The van der Waals surface area contributed by atoms with E-state index >= 15 is 0 Å². The fraction of sp³-hybridized carbons (Fsp3) is 0.444. The summed E-state index contributed by atoms with van der Waals surface area (Å²) in [6, 6.07) is 7.23. The van der Waals surface area contributed by atoms with Gasteiger partial charge in [0.1, 0.15) is 6.04 Å². The zero-order valence-electron chi connectivity index (χ0n) is 15.2. The van der Waals surface area contributed by atoms with Gasteiger partial charge in [0.2, 0.25) is 17.6 Å². The molecule has 8 nitrogen and oxygen atoms in total. The van der Waals surface area contributed by atoms with Crippen molar-refractivity contribution in [2.24, 2.45) is 0 Å². The molecule has 2 heterocycles. The number of benzene rings is 1. The van der Waals surface area contributed by atoms with Crippen molar-refractivity contribution >= 4 is 11.9 Å². The Morgan fingerprint density at radius 3 is 2.35 bits per heavy atom. The van der Waals surface area contributed by atoms with Crippen LogP contribution >= 0.6 is 0 Å². The molecule has 0 saturated carbocycles. The topological polar surface area (TPSA) is 91.6 Å². The molecule has 1 N–H and O–H groups in total. The van der Waals surface area contributed by atoms with Crippen LogP contribution in [0.4, 0.5) is 4.79 Å². The van der Waals surface area contributed by atoms with E-state index < -0.39 is 6.04 Å². The summed E-state index contributed by atoms with van der Waals surface area (Å²) in [5, 5.41) is 6.86. The first-order valence-corrected chi connectivity index (χ1v) is 8.65. The van der Waals surface area contributed by atoms with Crippen LogP contribution in [0.2, 0.25) is 0 Å². The third kappa shape index (κ3) is 4.01. The molecule has 0 spiro atoms. The van der Waals surface area contributed by atoms with Crippen LogP contribution in [0.3, 0.4) is 0 Å². The predicted molar refractivity (Wildman–Crippen MR) is 95.2 cm³/mol. The van der Waals surface area contributed by atoms with Crippen molar-refractivity contribution in [2.75, 3.05) is 26.2 Å². The van der Waals surface area contributed by atoms with E-state index in [2.05, 4.69) is 15.5 Å². The first-order chi connectivity index (χ1) is 12.4. The van der Waals surface area contributed by atoms with Gasteiger partial charge < -0.3 is 19.6 Å². The molecule has 3 amide bonds. The molecule has 8 heteroatoms. The Morgan fingerprint density at radius 2 is 1.73 bits per heavy atom. The van der Waals surface area contributed by atoms with Gasteiger partial charge in [-0.05, 0) is 13.8 Å². The van der Waals surface area contributed by atoms with E-state index in [0.29, 0.717) is 37.9 Å². The maximum Gasteiger partial charge on any atom is 0.318 e. The fourth-order valence-electron chi connectivity index (χ4n) is 2.79. The summed E-state index contributed by atoms with van der Waals surface area (Å²) < 4.78 is 5.30. The average molecular weight is 357 g/mol. The van der Waals surface area contributed by atoms with Gasteiger partial charge in [-0.25, -0.2) is 4.79 Å². The van der Waals surface area contributed by atoms with E-state index in [1.54, 1.807) is 23.6 Å². The van der Waals surface area contributed by atoms with Crippen LogP contribution < -0.4 is 5.32 Å². The summed E-state index contributed by atoms with van der Waals surface area (Å²) >= 11 is 0. The predicted octanol–water partition coefficient (Wildman–Crippen LogP) is 1.98. The van der Waals surface area contributed by atoms with Gasteiger partial charge in [-0.2, -0.15) is 4.98 Å². The van der Waals surface area contributed by atoms with Crippen LogP contribution in [0.15, 0.2) is 28.8 Å². The molecule has 1 unspecified atom stereocenters. The summed E-state index contributed by atoms with van der Waals surface area (Å²) in [5.41, 5.74) is 2.02. The molecule has 1 aromatic heterocycles. The highest BCUT2D eigenvalue weighted by atomic mass is 16.5. The lowest BCUT2D eigenvalue weighted by molar-refractivity contribution is -0.130. The Bertz CT molecular complexity index is 778. The molecule has 0 bridgehead atoms. The molecule has 138 valence electrons. The highest BCUT2D eigenvalue weighted by Crippen LogP contribution is 2.19. The molecular formula is C18H23N5O3. The smallest absolute Gasteiger partial charge is 0.318 e. The first-order valence-electron chi connectivity index (χ1n) is 8.65. The number of aromatic nitrogens is 2. The maximum atomic E-state index is 12.4. The van der Waals surface area contributed by atoms with Crippen molar-refractivity contribution in [2.45, 2.75) is 26.8 Å². The van der Waals surface area contributed by atoms with Gasteiger partial charge >= 0.3 is 6.03 Å². The zero-order valence-corrected chi connectivity index (χ0v) is 15.2. The average Bonchev–Trinajstić information content (AvgIpc) is 3.12. The molecule has 1 aromatic carbocycles. The van der Waals surface area contributed by atoms with Crippen LogP contribution in [-0.4, -0.2) is 58.1 Å². The van der Waals surface area contributed by atoms with E-state index in [1.165, 1.54) is 0 Å². The van der Waals surface area contributed by atoms with Crippen LogP contribution in [0, 0.1) is 6.92 Å². The Balaban J connectivity index is 1.58. The molecule has 2 aromatic rings. The van der Waals surface area contributed by atoms with Gasteiger partial charge in [-0.15, -0.1) is 0 Å². The second kappa shape index (κ2) is 7.55. The summed E-state index contributed by atoms with van der Waals surface area (Å²) in [6.07, 6.45) is 0. The zero-order chi connectivity index (χ0) is 18.7. The number of nitrogens with one attached hydrogen (secondary N) is 1. The van der Waals surface area contributed by atoms with Crippen molar-refractivity contribution in [3.8, 4) is 11.4 Å². The molecule has 0 radical (unpaired) electrons. The van der Waals surface area contributed by atoms with Gasteiger partial charge in [-0.3, -0.25) is 4.79 Å². The van der Waals surface area contributed by atoms with Crippen molar-refractivity contribution in [1.82, 2.24) is 25.3 Å². The minimum atomic E-state index is -0.403. The number of amides is 3. The number of rotatable bonds is 3. The molecule has 1 fully saturated rings.